The molecule has 0 aliphatic carbocycles. The number of esters is 1. The molecular weight excluding hydrogens is 434 g/mol. The highest BCUT2D eigenvalue weighted by atomic mass is 35.5. The number of primary amides is 1. The van der Waals surface area contributed by atoms with Gasteiger partial charge in [0.1, 0.15) is 5.75 Å². The van der Waals surface area contributed by atoms with Crippen molar-refractivity contribution >= 4 is 46.5 Å². The van der Waals surface area contributed by atoms with Gasteiger partial charge in [-0.1, -0.05) is 35.9 Å². The minimum absolute atomic E-state index is 0.0798. The molecular formula is C23H20ClN3O5. The smallest absolute Gasteiger partial charge is 0.305 e. The average Bonchev–Trinajstić information content (AvgIpc) is 3.17. The molecule has 0 saturated heterocycles. The molecule has 8 nitrogen and oxygen atoms in total. The van der Waals surface area contributed by atoms with Crippen molar-refractivity contribution in [2.24, 2.45) is 10.7 Å². The van der Waals surface area contributed by atoms with Crippen LogP contribution in [0.5, 0.6) is 5.75 Å². The van der Waals surface area contributed by atoms with Crippen molar-refractivity contribution in [2.75, 3.05) is 7.11 Å². The summed E-state index contributed by atoms with van der Waals surface area (Å²) in [5, 5.41) is 10.6. The predicted molar refractivity (Wildman–Crippen MR) is 120 cm³/mol. The van der Waals surface area contributed by atoms with Crippen molar-refractivity contribution in [2.45, 2.75) is 18.8 Å². The van der Waals surface area contributed by atoms with Gasteiger partial charge in [0.15, 0.2) is 0 Å². The van der Waals surface area contributed by atoms with Crippen LogP contribution in [0, 0.1) is 0 Å². The van der Waals surface area contributed by atoms with Gasteiger partial charge in [0, 0.05) is 23.6 Å². The van der Waals surface area contributed by atoms with Gasteiger partial charge in [-0.25, -0.2) is 4.99 Å². The number of pyridine rings is 1. The molecule has 1 aliphatic heterocycles. The summed E-state index contributed by atoms with van der Waals surface area (Å²) in [6.45, 7) is 0. The van der Waals surface area contributed by atoms with Crippen LogP contribution >= 0.6 is 11.6 Å². The topological polar surface area (TPSA) is 132 Å². The number of para-hydroxylation sites is 1. The summed E-state index contributed by atoms with van der Waals surface area (Å²) in [5.41, 5.74) is 7.60. The number of aromatic hydroxyl groups is 1. The van der Waals surface area contributed by atoms with E-state index in [0.29, 0.717) is 23.2 Å². The molecule has 3 aromatic rings. The van der Waals surface area contributed by atoms with Crippen LogP contribution in [0.4, 0.5) is 0 Å². The monoisotopic (exact) mass is 453 g/mol. The van der Waals surface area contributed by atoms with Gasteiger partial charge >= 0.3 is 5.97 Å². The minimum Gasteiger partial charge on any atom is -0.506 e. The largest absolute Gasteiger partial charge is 0.506 e. The molecule has 1 aromatic heterocycles. The van der Waals surface area contributed by atoms with Gasteiger partial charge in [0.25, 0.3) is 5.91 Å². The van der Waals surface area contributed by atoms with Crippen LogP contribution in [-0.2, 0) is 14.3 Å². The second kappa shape index (κ2) is 10.0. The quantitative estimate of drug-likeness (QED) is 0.569. The van der Waals surface area contributed by atoms with E-state index in [1.54, 1.807) is 12.1 Å². The Morgan fingerprint density at radius 1 is 1.16 bits per heavy atom. The van der Waals surface area contributed by atoms with Crippen LogP contribution in [-0.4, -0.2) is 41.2 Å². The van der Waals surface area contributed by atoms with Crippen molar-refractivity contribution in [1.29, 1.82) is 0 Å². The van der Waals surface area contributed by atoms with E-state index in [1.807, 2.05) is 30.3 Å². The fourth-order valence-corrected chi connectivity index (χ4v) is 3.33. The Morgan fingerprint density at radius 2 is 1.91 bits per heavy atom. The van der Waals surface area contributed by atoms with E-state index in [-0.39, 0.29) is 29.1 Å². The number of phenolic OH excluding ortho intramolecular Hbond substituents is 1. The first-order valence-electron chi connectivity index (χ1n) is 9.63. The zero-order valence-corrected chi connectivity index (χ0v) is 17.9. The number of methoxy groups -OCH3 is 1. The molecule has 2 aromatic carbocycles. The van der Waals surface area contributed by atoms with Gasteiger partial charge in [-0.3, -0.25) is 19.4 Å². The van der Waals surface area contributed by atoms with E-state index in [0.717, 1.165) is 10.9 Å². The number of nitrogens with two attached hydrogens (primary N) is 1. The van der Waals surface area contributed by atoms with Gasteiger partial charge in [0.2, 0.25) is 5.91 Å². The van der Waals surface area contributed by atoms with E-state index >= 15 is 0 Å². The maximum atomic E-state index is 11.6. The number of benzene rings is 2. The molecule has 0 spiro atoms. The second-order valence-corrected chi connectivity index (χ2v) is 7.33. The summed E-state index contributed by atoms with van der Waals surface area (Å²) in [5.74, 6) is -1.85. The van der Waals surface area contributed by atoms with E-state index in [4.69, 9.17) is 17.3 Å². The number of phenols is 1. The van der Waals surface area contributed by atoms with Crippen molar-refractivity contribution < 1.29 is 24.2 Å². The summed E-state index contributed by atoms with van der Waals surface area (Å²) in [7, 11) is 1.32. The number of ether oxygens (including phenoxy) is 1. The second-order valence-electron chi connectivity index (χ2n) is 6.92. The molecule has 164 valence electrons. The number of halogens is 1. The first-order valence-corrected chi connectivity index (χ1v) is 10.0. The molecule has 32 heavy (non-hydrogen) atoms. The van der Waals surface area contributed by atoms with Gasteiger partial charge < -0.3 is 15.6 Å². The Hall–Kier alpha value is -3.78. The molecule has 2 heterocycles. The molecule has 0 radical (unpaired) electrons. The third-order valence-electron chi connectivity index (χ3n) is 4.89. The summed E-state index contributed by atoms with van der Waals surface area (Å²) >= 11 is 5.62. The Labute approximate surface area is 188 Å². The van der Waals surface area contributed by atoms with Crippen molar-refractivity contribution in [3.8, 4) is 5.75 Å². The molecule has 0 fully saturated rings. The Morgan fingerprint density at radius 3 is 2.62 bits per heavy atom. The molecule has 0 bridgehead atoms. The van der Waals surface area contributed by atoms with Gasteiger partial charge in [0.05, 0.1) is 34.8 Å². The minimum atomic E-state index is -0.585. The number of aromatic nitrogens is 1. The summed E-state index contributed by atoms with van der Waals surface area (Å²) in [6, 6.07) is 14.3. The first-order chi connectivity index (χ1) is 15.3. The molecule has 4 rings (SSSR count). The Bertz CT molecular complexity index is 1230. The number of amides is 2. The zero-order valence-electron chi connectivity index (χ0n) is 17.1. The summed E-state index contributed by atoms with van der Waals surface area (Å²) in [4.78, 5) is 41.7. The number of rotatable bonds is 5. The maximum Gasteiger partial charge on any atom is 0.305 e. The fourth-order valence-electron chi connectivity index (χ4n) is 3.17. The third-order valence-corrected chi connectivity index (χ3v) is 5.20. The number of nitrogens with zero attached hydrogens (tertiary/aromatic N) is 2. The van der Waals surface area contributed by atoms with E-state index in [9.17, 15) is 19.5 Å². The van der Waals surface area contributed by atoms with Gasteiger partial charge in [-0.05, 0) is 30.7 Å². The van der Waals surface area contributed by atoms with Crippen LogP contribution in [0.3, 0.4) is 0 Å². The highest BCUT2D eigenvalue weighted by Crippen LogP contribution is 2.31. The predicted octanol–water partition coefficient (Wildman–Crippen LogP) is 3.38. The highest BCUT2D eigenvalue weighted by molar-refractivity contribution is 6.33. The lowest BCUT2D eigenvalue weighted by Gasteiger charge is -2.12. The van der Waals surface area contributed by atoms with E-state index < -0.39 is 11.8 Å². The lowest BCUT2D eigenvalue weighted by Crippen LogP contribution is -2.23. The highest BCUT2D eigenvalue weighted by Gasteiger charge is 2.21. The molecule has 9 heteroatoms. The average molecular weight is 454 g/mol. The molecule has 1 aliphatic rings. The van der Waals surface area contributed by atoms with Crippen LogP contribution in [0.25, 0.3) is 10.9 Å². The Kier molecular flexibility index (Phi) is 7.17. The van der Waals surface area contributed by atoms with Crippen molar-refractivity contribution in [3.63, 3.8) is 0 Å². The number of aliphatic imine (C=N–C) groups is 1. The third kappa shape index (κ3) is 5.09. The van der Waals surface area contributed by atoms with Crippen LogP contribution in [0.2, 0.25) is 5.02 Å². The van der Waals surface area contributed by atoms with Crippen molar-refractivity contribution in [1.82, 2.24) is 4.98 Å². The van der Waals surface area contributed by atoms with Crippen LogP contribution in [0.1, 0.15) is 40.4 Å². The van der Waals surface area contributed by atoms with Gasteiger partial charge in [-0.2, -0.15) is 0 Å². The molecule has 2 amide bonds. The number of carbonyl (C=O) groups excluding carboxylic acids is 3. The van der Waals surface area contributed by atoms with E-state index in [2.05, 4.69) is 14.7 Å². The zero-order chi connectivity index (χ0) is 23.3. The lowest BCUT2D eigenvalue weighted by atomic mass is 9.97. The number of carbonyl (C=O) groups is 3. The van der Waals surface area contributed by atoms with Gasteiger partial charge in [-0.15, -0.1) is 0 Å². The SMILES string of the molecule is COC(=O)CCC(C(N)=O)c1ccc2ccccc2n1.O=C1N=Cc2c1ccc(Cl)c2O. The first kappa shape index (κ1) is 22.9. The number of hydrogen-bond donors (Lipinski definition) is 2. The van der Waals surface area contributed by atoms with Crippen LogP contribution < -0.4 is 5.73 Å². The summed E-state index contributed by atoms with van der Waals surface area (Å²) < 4.78 is 4.58. The number of fused-ring (bicyclic) bond motifs is 2. The lowest BCUT2D eigenvalue weighted by molar-refractivity contribution is -0.140. The Balaban J connectivity index is 0.000000204. The van der Waals surface area contributed by atoms with Crippen molar-refractivity contribution in [3.05, 3.63) is 70.4 Å². The fraction of sp³-hybridized carbons (Fsp3) is 0.174. The molecule has 0 saturated carbocycles. The number of hydrogen-bond acceptors (Lipinski definition) is 6. The molecule has 3 N–H and O–H groups in total. The normalized spacial score (nSPS) is 12.6. The summed E-state index contributed by atoms with van der Waals surface area (Å²) in [6.07, 6.45) is 1.75. The van der Waals surface area contributed by atoms with E-state index in [1.165, 1.54) is 19.4 Å². The molecule has 1 atom stereocenters. The van der Waals surface area contributed by atoms with Crippen LogP contribution in [0.15, 0.2) is 53.5 Å². The maximum absolute atomic E-state index is 11.6. The molecule has 1 unspecified atom stereocenters. The standard InChI is InChI=1S/C15H16N2O3.C8H4ClNO2/c1-20-14(18)9-7-11(15(16)19)13-8-6-10-4-2-3-5-12(10)17-13;9-6-2-1-4-5(7(6)11)3-10-8(4)12/h2-6,8,11H,7,9H2,1H3,(H2,16,19);1-3,11H.